The van der Waals surface area contributed by atoms with Crippen molar-refractivity contribution in [3.8, 4) is 5.69 Å². The Bertz CT molecular complexity index is 1140. The van der Waals surface area contributed by atoms with Crippen molar-refractivity contribution >= 4 is 45.9 Å². The number of nitrogens with one attached hydrogen (secondary N) is 1. The van der Waals surface area contributed by atoms with Gasteiger partial charge in [0.25, 0.3) is 5.56 Å². The van der Waals surface area contributed by atoms with E-state index in [0.29, 0.717) is 37.7 Å². The molecule has 26 heavy (non-hydrogen) atoms. The summed E-state index contributed by atoms with van der Waals surface area (Å²) < 4.78 is 1.59. The highest BCUT2D eigenvalue weighted by atomic mass is 35.5. The molecule has 10 heteroatoms. The highest BCUT2D eigenvalue weighted by Crippen LogP contribution is 2.22. The van der Waals surface area contributed by atoms with Crippen LogP contribution in [0, 0.1) is 0 Å². The molecule has 130 valence electrons. The van der Waals surface area contributed by atoms with Gasteiger partial charge in [0.15, 0.2) is 0 Å². The molecule has 0 aliphatic heterocycles. The molecule has 0 amide bonds. The molecule has 2 aromatic heterocycles. The van der Waals surface area contributed by atoms with Gasteiger partial charge in [-0.15, -0.1) is 5.10 Å². The van der Waals surface area contributed by atoms with Crippen LogP contribution in [-0.4, -0.2) is 30.2 Å². The Morgan fingerprint density at radius 2 is 1.85 bits per heavy atom. The van der Waals surface area contributed by atoms with Gasteiger partial charge in [-0.1, -0.05) is 35.0 Å². The van der Waals surface area contributed by atoms with E-state index in [0.717, 1.165) is 5.69 Å². The molecule has 0 saturated heterocycles. The lowest BCUT2D eigenvalue weighted by atomic mass is 10.2. The van der Waals surface area contributed by atoms with Crippen LogP contribution in [0.5, 0.6) is 0 Å². The van der Waals surface area contributed by atoms with Gasteiger partial charge in [0.1, 0.15) is 5.82 Å². The first-order valence-electron chi connectivity index (χ1n) is 7.46. The molecular formula is C16H10Cl2N6OS. The number of nitrogens with zero attached hydrogens (tertiary/aromatic N) is 5. The van der Waals surface area contributed by atoms with Crippen molar-refractivity contribution in [2.24, 2.45) is 0 Å². The van der Waals surface area contributed by atoms with E-state index in [9.17, 15) is 4.79 Å². The summed E-state index contributed by atoms with van der Waals surface area (Å²) in [7, 11) is 0. The minimum atomic E-state index is -0.209. The third-order valence-electron chi connectivity index (χ3n) is 3.57. The molecule has 7 nitrogen and oxygen atoms in total. The van der Waals surface area contributed by atoms with Gasteiger partial charge in [0, 0.05) is 10.0 Å². The van der Waals surface area contributed by atoms with Crippen molar-refractivity contribution in [3.05, 3.63) is 68.7 Å². The highest BCUT2D eigenvalue weighted by molar-refractivity contribution is 7.98. The van der Waals surface area contributed by atoms with E-state index >= 15 is 0 Å². The van der Waals surface area contributed by atoms with Crippen LogP contribution < -0.4 is 5.56 Å². The quantitative estimate of drug-likeness (QED) is 0.523. The van der Waals surface area contributed by atoms with E-state index in [1.54, 1.807) is 35.0 Å². The summed E-state index contributed by atoms with van der Waals surface area (Å²) in [6.07, 6.45) is 0. The largest absolute Gasteiger partial charge is 0.309 e. The Morgan fingerprint density at radius 3 is 2.65 bits per heavy atom. The van der Waals surface area contributed by atoms with Gasteiger partial charge in [-0.25, -0.2) is 4.98 Å². The number of halogens is 2. The van der Waals surface area contributed by atoms with E-state index in [-0.39, 0.29) is 5.56 Å². The Kier molecular flexibility index (Phi) is 4.62. The molecule has 2 heterocycles. The van der Waals surface area contributed by atoms with Gasteiger partial charge in [-0.2, -0.15) is 4.68 Å². The van der Waals surface area contributed by atoms with Crippen LogP contribution in [0.1, 0.15) is 5.82 Å². The molecular weight excluding hydrogens is 395 g/mol. The molecule has 0 radical (unpaired) electrons. The SMILES string of the molecule is O=c1[nH]c(CSc2nnnn2-c2ccc(Cl)cc2)nc2cc(Cl)ccc12. The minimum absolute atomic E-state index is 0.209. The number of thioether (sulfide) groups is 1. The van der Waals surface area contributed by atoms with E-state index in [4.69, 9.17) is 23.2 Å². The van der Waals surface area contributed by atoms with Crippen molar-refractivity contribution in [1.82, 2.24) is 30.2 Å². The fourth-order valence-corrected chi connectivity index (χ4v) is 3.43. The minimum Gasteiger partial charge on any atom is -0.309 e. The number of benzene rings is 2. The Morgan fingerprint density at radius 1 is 1.08 bits per heavy atom. The zero-order chi connectivity index (χ0) is 18.1. The number of hydrogen-bond acceptors (Lipinski definition) is 6. The number of H-pyrrole nitrogens is 1. The number of aromatic nitrogens is 6. The van der Waals surface area contributed by atoms with Crippen molar-refractivity contribution < 1.29 is 0 Å². The van der Waals surface area contributed by atoms with Crippen LogP contribution in [0.25, 0.3) is 16.6 Å². The number of tetrazole rings is 1. The predicted octanol–water partition coefficient (Wildman–Crippen LogP) is 3.50. The van der Waals surface area contributed by atoms with Crippen LogP contribution in [-0.2, 0) is 5.75 Å². The first kappa shape index (κ1) is 17.0. The lowest BCUT2D eigenvalue weighted by Gasteiger charge is -2.05. The van der Waals surface area contributed by atoms with Crippen LogP contribution in [0.15, 0.2) is 52.4 Å². The Balaban J connectivity index is 1.60. The maximum Gasteiger partial charge on any atom is 0.258 e. The lowest BCUT2D eigenvalue weighted by Crippen LogP contribution is -2.11. The van der Waals surface area contributed by atoms with Gasteiger partial charge in [-0.3, -0.25) is 4.79 Å². The van der Waals surface area contributed by atoms with E-state index < -0.39 is 0 Å². The molecule has 0 fully saturated rings. The van der Waals surface area contributed by atoms with Crippen LogP contribution >= 0.6 is 35.0 Å². The zero-order valence-corrected chi connectivity index (χ0v) is 15.4. The highest BCUT2D eigenvalue weighted by Gasteiger charge is 2.11. The predicted molar refractivity (Wildman–Crippen MR) is 101 cm³/mol. The molecule has 0 aliphatic carbocycles. The Labute approximate surface area is 161 Å². The van der Waals surface area contributed by atoms with Gasteiger partial charge in [-0.05, 0) is 52.9 Å². The summed E-state index contributed by atoms with van der Waals surface area (Å²) >= 11 is 13.3. The number of aromatic amines is 1. The smallest absolute Gasteiger partial charge is 0.258 e. The molecule has 0 atom stereocenters. The van der Waals surface area contributed by atoms with E-state index in [1.165, 1.54) is 11.8 Å². The van der Waals surface area contributed by atoms with Crippen molar-refractivity contribution in [1.29, 1.82) is 0 Å². The third-order valence-corrected chi connectivity index (χ3v) is 4.99. The van der Waals surface area contributed by atoms with Gasteiger partial charge in [0.2, 0.25) is 5.16 Å². The summed E-state index contributed by atoms with van der Waals surface area (Å²) in [5.74, 6) is 0.909. The maximum absolute atomic E-state index is 12.2. The van der Waals surface area contributed by atoms with Crippen molar-refractivity contribution in [2.45, 2.75) is 10.9 Å². The lowest BCUT2D eigenvalue weighted by molar-refractivity contribution is 0.756. The van der Waals surface area contributed by atoms with E-state index in [2.05, 4.69) is 25.5 Å². The second-order valence-corrected chi connectivity index (χ2v) is 7.13. The molecule has 4 aromatic rings. The average molecular weight is 405 g/mol. The van der Waals surface area contributed by atoms with Gasteiger partial charge >= 0.3 is 0 Å². The standard InChI is InChI=1S/C16H10Cl2N6OS/c17-9-1-4-11(5-2-9)24-16(21-22-23-24)26-8-14-19-13-7-10(18)3-6-12(13)15(25)20-14/h1-7H,8H2,(H,19,20,25). The number of fused-ring (bicyclic) bond motifs is 1. The summed E-state index contributed by atoms with van der Waals surface area (Å²) in [5, 5.41) is 13.9. The molecule has 2 aromatic carbocycles. The van der Waals surface area contributed by atoms with Crippen LogP contribution in [0.4, 0.5) is 0 Å². The van der Waals surface area contributed by atoms with Crippen molar-refractivity contribution in [3.63, 3.8) is 0 Å². The van der Waals surface area contributed by atoms with E-state index in [1.807, 2.05) is 12.1 Å². The first-order chi connectivity index (χ1) is 12.6. The fourth-order valence-electron chi connectivity index (χ4n) is 2.38. The first-order valence-corrected chi connectivity index (χ1v) is 9.20. The number of rotatable bonds is 4. The summed E-state index contributed by atoms with van der Waals surface area (Å²) in [5.41, 5.74) is 1.13. The van der Waals surface area contributed by atoms with Gasteiger partial charge in [0.05, 0.1) is 22.3 Å². The van der Waals surface area contributed by atoms with Crippen LogP contribution in [0.2, 0.25) is 10.0 Å². The summed E-state index contributed by atoms with van der Waals surface area (Å²) in [6, 6.07) is 12.1. The third kappa shape index (κ3) is 3.44. The Hall–Kier alpha value is -2.42. The van der Waals surface area contributed by atoms with Crippen molar-refractivity contribution in [2.75, 3.05) is 0 Å². The van der Waals surface area contributed by atoms with Crippen LogP contribution in [0.3, 0.4) is 0 Å². The average Bonchev–Trinajstić information content (AvgIpc) is 3.09. The normalized spacial score (nSPS) is 11.2. The maximum atomic E-state index is 12.2. The fraction of sp³-hybridized carbons (Fsp3) is 0.0625. The summed E-state index contributed by atoms with van der Waals surface area (Å²) in [4.78, 5) is 19.4. The van der Waals surface area contributed by atoms with Gasteiger partial charge < -0.3 is 4.98 Å². The second kappa shape index (κ2) is 7.06. The zero-order valence-electron chi connectivity index (χ0n) is 13.1. The molecule has 0 aliphatic rings. The number of hydrogen-bond donors (Lipinski definition) is 1. The second-order valence-electron chi connectivity index (χ2n) is 5.31. The summed E-state index contributed by atoms with van der Waals surface area (Å²) in [6.45, 7) is 0. The molecule has 0 spiro atoms. The monoisotopic (exact) mass is 404 g/mol. The topological polar surface area (TPSA) is 89.4 Å². The molecule has 4 rings (SSSR count). The molecule has 0 unspecified atom stereocenters. The molecule has 0 saturated carbocycles. The molecule has 0 bridgehead atoms. The molecule has 1 N–H and O–H groups in total.